The van der Waals surface area contributed by atoms with Crippen molar-refractivity contribution in [2.45, 2.75) is 33.7 Å². The minimum Gasteiger partial charge on any atom is -0.382 e. The van der Waals surface area contributed by atoms with E-state index in [1.807, 2.05) is 6.92 Å². The Kier molecular flexibility index (Phi) is 13.1. The van der Waals surface area contributed by atoms with E-state index in [0.717, 1.165) is 19.6 Å². The summed E-state index contributed by atoms with van der Waals surface area (Å²) in [6.07, 6.45) is 0.889. The molecule has 0 unspecified atom stereocenters. The highest BCUT2D eigenvalue weighted by molar-refractivity contribution is 14.0. The van der Waals surface area contributed by atoms with Crippen molar-refractivity contribution in [1.82, 2.24) is 15.5 Å². The minimum absolute atomic E-state index is 0. The average Bonchev–Trinajstić information content (AvgIpc) is 2.57. The summed E-state index contributed by atoms with van der Waals surface area (Å²) in [5.74, 6) is 0.655. The standard InChI is InChI=1S/C19H32N4O2.HI/c1-6-25-11-7-10-20-19(22-14-18(24)23(4)5)21-13-17-9-8-15(2)12-16(17)3;/h8-9,12H,6-7,10-11,13-14H2,1-5H3,(H2,20,21,22);1H. The number of carbonyl (C=O) groups is 1. The van der Waals surface area contributed by atoms with Crippen LogP contribution in [0.4, 0.5) is 0 Å². The van der Waals surface area contributed by atoms with Crippen LogP contribution in [0.2, 0.25) is 0 Å². The van der Waals surface area contributed by atoms with Crippen molar-refractivity contribution in [2.24, 2.45) is 4.99 Å². The van der Waals surface area contributed by atoms with Gasteiger partial charge < -0.3 is 20.3 Å². The summed E-state index contributed by atoms with van der Waals surface area (Å²) in [5, 5.41) is 6.36. The van der Waals surface area contributed by atoms with E-state index < -0.39 is 0 Å². The van der Waals surface area contributed by atoms with Crippen LogP contribution in [0.15, 0.2) is 23.2 Å². The maximum Gasteiger partial charge on any atom is 0.241 e. The first-order valence-electron chi connectivity index (χ1n) is 8.80. The normalized spacial score (nSPS) is 10.9. The predicted octanol–water partition coefficient (Wildman–Crippen LogP) is 2.47. The third-order valence-corrected chi connectivity index (χ3v) is 3.77. The third-order valence-electron chi connectivity index (χ3n) is 3.77. The van der Waals surface area contributed by atoms with Crippen LogP contribution >= 0.6 is 24.0 Å². The first-order chi connectivity index (χ1) is 11.9. The van der Waals surface area contributed by atoms with Gasteiger partial charge >= 0.3 is 0 Å². The van der Waals surface area contributed by atoms with Crippen LogP contribution in [-0.4, -0.2) is 57.2 Å². The van der Waals surface area contributed by atoms with Crippen molar-refractivity contribution in [1.29, 1.82) is 0 Å². The topological polar surface area (TPSA) is 66.0 Å². The fourth-order valence-corrected chi connectivity index (χ4v) is 2.20. The van der Waals surface area contributed by atoms with Crippen LogP contribution in [0, 0.1) is 13.8 Å². The van der Waals surface area contributed by atoms with Gasteiger partial charge in [-0.25, -0.2) is 4.99 Å². The molecule has 0 aliphatic carbocycles. The second-order valence-corrected chi connectivity index (χ2v) is 6.21. The molecule has 0 radical (unpaired) electrons. The van der Waals surface area contributed by atoms with E-state index in [-0.39, 0.29) is 36.4 Å². The summed E-state index contributed by atoms with van der Waals surface area (Å²) in [7, 11) is 3.48. The molecule has 0 saturated carbocycles. The summed E-state index contributed by atoms with van der Waals surface area (Å²) in [5.41, 5.74) is 3.65. The van der Waals surface area contributed by atoms with Crippen LogP contribution < -0.4 is 10.6 Å². The molecule has 26 heavy (non-hydrogen) atoms. The molecule has 0 heterocycles. The molecule has 0 saturated heterocycles. The van der Waals surface area contributed by atoms with Gasteiger partial charge in [-0.15, -0.1) is 24.0 Å². The number of benzene rings is 1. The smallest absolute Gasteiger partial charge is 0.241 e. The lowest BCUT2D eigenvalue weighted by Gasteiger charge is -2.15. The van der Waals surface area contributed by atoms with Gasteiger partial charge in [-0.3, -0.25) is 4.79 Å². The molecule has 1 aromatic rings. The maximum atomic E-state index is 11.8. The van der Waals surface area contributed by atoms with Crippen molar-refractivity contribution < 1.29 is 9.53 Å². The van der Waals surface area contributed by atoms with Crippen LogP contribution in [0.5, 0.6) is 0 Å². The zero-order chi connectivity index (χ0) is 18.7. The van der Waals surface area contributed by atoms with Crippen LogP contribution in [-0.2, 0) is 16.1 Å². The van der Waals surface area contributed by atoms with Crippen LogP contribution in [0.3, 0.4) is 0 Å². The number of nitrogens with zero attached hydrogens (tertiary/aromatic N) is 2. The predicted molar refractivity (Wildman–Crippen MR) is 118 cm³/mol. The van der Waals surface area contributed by atoms with E-state index in [9.17, 15) is 4.79 Å². The summed E-state index contributed by atoms with van der Waals surface area (Å²) in [4.78, 5) is 18.0. The minimum atomic E-state index is 0. The lowest BCUT2D eigenvalue weighted by atomic mass is 10.1. The molecule has 0 aromatic heterocycles. The molecule has 0 bridgehead atoms. The number of likely N-dealkylation sites (N-methyl/N-ethyl adjacent to an activating group) is 1. The number of carbonyl (C=O) groups excluding carboxylic acids is 1. The maximum absolute atomic E-state index is 11.8. The van der Waals surface area contributed by atoms with Crippen molar-refractivity contribution in [2.75, 3.05) is 40.4 Å². The zero-order valence-corrected chi connectivity index (χ0v) is 18.9. The molecule has 0 aliphatic rings. The molecular weight excluding hydrogens is 443 g/mol. The molecule has 148 valence electrons. The Labute approximate surface area is 174 Å². The van der Waals surface area contributed by atoms with Crippen molar-refractivity contribution >= 4 is 35.8 Å². The number of hydrogen-bond acceptors (Lipinski definition) is 3. The second kappa shape index (κ2) is 13.8. The number of amides is 1. The molecule has 6 nitrogen and oxygen atoms in total. The van der Waals surface area contributed by atoms with Crippen molar-refractivity contribution in [3.05, 3.63) is 34.9 Å². The molecule has 1 aromatic carbocycles. The van der Waals surface area contributed by atoms with Gasteiger partial charge in [0.25, 0.3) is 0 Å². The molecule has 0 atom stereocenters. The van der Waals surface area contributed by atoms with E-state index >= 15 is 0 Å². The number of guanidine groups is 1. The number of aliphatic imine (C=N–C) groups is 1. The fraction of sp³-hybridized carbons (Fsp3) is 0.579. The van der Waals surface area contributed by atoms with Crippen molar-refractivity contribution in [3.63, 3.8) is 0 Å². The fourth-order valence-electron chi connectivity index (χ4n) is 2.20. The number of hydrogen-bond donors (Lipinski definition) is 2. The van der Waals surface area contributed by atoms with E-state index in [4.69, 9.17) is 4.74 Å². The van der Waals surface area contributed by atoms with E-state index in [0.29, 0.717) is 19.1 Å². The highest BCUT2D eigenvalue weighted by Crippen LogP contribution is 2.11. The lowest BCUT2D eigenvalue weighted by molar-refractivity contribution is -0.127. The van der Waals surface area contributed by atoms with Gasteiger partial charge in [0, 0.05) is 33.9 Å². The molecule has 1 rings (SSSR count). The van der Waals surface area contributed by atoms with E-state index in [2.05, 4.69) is 47.7 Å². The zero-order valence-electron chi connectivity index (χ0n) is 16.6. The molecule has 0 fully saturated rings. The average molecular weight is 476 g/mol. The summed E-state index contributed by atoms with van der Waals surface area (Å²) >= 11 is 0. The van der Waals surface area contributed by atoms with E-state index in [1.54, 1.807) is 19.0 Å². The van der Waals surface area contributed by atoms with Gasteiger partial charge in [0.2, 0.25) is 5.91 Å². The lowest BCUT2D eigenvalue weighted by Crippen LogP contribution is -2.43. The Morgan fingerprint density at radius 3 is 2.58 bits per heavy atom. The van der Waals surface area contributed by atoms with Gasteiger partial charge in [-0.05, 0) is 38.3 Å². The number of halogens is 1. The Bertz CT molecular complexity index is 577. The second-order valence-electron chi connectivity index (χ2n) is 6.21. The number of nitrogens with one attached hydrogen (secondary N) is 2. The van der Waals surface area contributed by atoms with Gasteiger partial charge in [-0.1, -0.05) is 23.8 Å². The summed E-state index contributed by atoms with van der Waals surface area (Å²) in [6, 6.07) is 6.35. The summed E-state index contributed by atoms with van der Waals surface area (Å²) in [6.45, 7) is 9.14. The van der Waals surface area contributed by atoms with Gasteiger partial charge in [-0.2, -0.15) is 0 Å². The van der Waals surface area contributed by atoms with Gasteiger partial charge in [0.1, 0.15) is 0 Å². The van der Waals surface area contributed by atoms with Crippen molar-refractivity contribution in [3.8, 4) is 0 Å². The first kappa shape index (κ1) is 24.7. The first-order valence-corrected chi connectivity index (χ1v) is 8.80. The molecular formula is C19H33IN4O2. The quantitative estimate of drug-likeness (QED) is 0.249. The Morgan fingerprint density at radius 1 is 1.23 bits per heavy atom. The Balaban J connectivity index is 0.00000625. The molecule has 2 N–H and O–H groups in total. The SMILES string of the molecule is CCOCCCNC(=NCc1ccc(C)cc1C)NCC(=O)N(C)C.I. The third kappa shape index (κ3) is 9.96. The van der Waals surface area contributed by atoms with Gasteiger partial charge in [0.05, 0.1) is 13.1 Å². The number of aryl methyl sites for hydroxylation is 2. The van der Waals surface area contributed by atoms with Gasteiger partial charge in [0.15, 0.2) is 5.96 Å². The Morgan fingerprint density at radius 2 is 1.96 bits per heavy atom. The molecule has 0 spiro atoms. The highest BCUT2D eigenvalue weighted by Gasteiger charge is 2.06. The van der Waals surface area contributed by atoms with Crippen LogP contribution in [0.1, 0.15) is 30.0 Å². The highest BCUT2D eigenvalue weighted by atomic mass is 127. The van der Waals surface area contributed by atoms with Crippen LogP contribution in [0.25, 0.3) is 0 Å². The molecule has 0 aliphatic heterocycles. The largest absolute Gasteiger partial charge is 0.382 e. The number of ether oxygens (including phenoxy) is 1. The molecule has 7 heteroatoms. The Hall–Kier alpha value is -1.35. The summed E-state index contributed by atoms with van der Waals surface area (Å²) < 4.78 is 5.34. The molecule has 1 amide bonds. The van der Waals surface area contributed by atoms with E-state index in [1.165, 1.54) is 16.7 Å². The monoisotopic (exact) mass is 476 g/mol. The number of rotatable bonds is 9.